The SMILES string of the molecule is CCCCCCCCCCCCCCCCCCCCC(=O)OC[C@H](COP(=O)(O)OC[C@@H](O)COP(=O)(O)OC[C@@H](COC(=O)CCCCCCCCCCC(C)CC)OC(=O)CCCCCCCCCCCCCCC(C)C)OC(=O)CCCCCCCCCCCCCCCCCCCCC(C)CC. The van der Waals surface area contributed by atoms with Crippen molar-refractivity contribution < 1.29 is 80.2 Å². The highest BCUT2D eigenvalue weighted by Crippen LogP contribution is 2.45. The molecule has 0 heterocycles. The maximum absolute atomic E-state index is 13.2. The number of hydrogen-bond acceptors (Lipinski definition) is 15. The van der Waals surface area contributed by atoms with Crippen LogP contribution in [0.5, 0.6) is 0 Å². The minimum Gasteiger partial charge on any atom is -0.462 e. The number of aliphatic hydroxyl groups is 1. The molecule has 0 aliphatic carbocycles. The second-order valence-corrected chi connectivity index (χ2v) is 35.5. The Hall–Kier alpha value is -1.94. The molecule has 0 fully saturated rings. The fourth-order valence-electron chi connectivity index (χ4n) is 13.7. The number of esters is 4. The van der Waals surface area contributed by atoms with Gasteiger partial charge in [0.1, 0.15) is 19.3 Å². The standard InChI is InChI=1S/C88H172O17P2/c1-8-11-12-13-14-15-16-17-18-19-23-26-29-35-40-48-55-62-69-85(90)98-75-83(104-87(92)71-64-57-50-41-36-30-27-24-21-20-22-25-28-34-39-46-53-60-67-80(6)9-2)77-102-106(94,95)100-73-82(89)74-101-107(96,97)103-78-84(76-99-86(91)70-63-56-49-44-43-47-54-61-68-81(7)10-3)105-88(93)72-65-58-51-42-37-32-31-33-38-45-52-59-66-79(4)5/h79-84,89H,8-78H2,1-7H3,(H,94,95)(H,96,97)/t80?,81?,82-,83-,84-/m1/s1. The monoisotopic (exact) mass is 1560 g/mol. The molecule has 4 unspecified atom stereocenters. The predicted molar refractivity (Wildman–Crippen MR) is 441 cm³/mol. The lowest BCUT2D eigenvalue weighted by molar-refractivity contribution is -0.161. The van der Waals surface area contributed by atoms with E-state index in [4.69, 9.17) is 37.0 Å². The molecule has 636 valence electrons. The molecule has 0 aromatic rings. The third-order valence-corrected chi connectivity index (χ3v) is 23.3. The largest absolute Gasteiger partial charge is 0.472 e. The van der Waals surface area contributed by atoms with Gasteiger partial charge in [-0.15, -0.1) is 0 Å². The average Bonchev–Trinajstić information content (AvgIpc) is 0.929. The van der Waals surface area contributed by atoms with E-state index >= 15 is 0 Å². The maximum atomic E-state index is 13.2. The fraction of sp³-hybridized carbons (Fsp3) is 0.955. The summed E-state index contributed by atoms with van der Waals surface area (Å²) < 4.78 is 69.0. The predicted octanol–water partition coefficient (Wildman–Crippen LogP) is 26.9. The Kier molecular flexibility index (Phi) is 76.6. The van der Waals surface area contributed by atoms with Crippen LogP contribution >= 0.6 is 15.6 Å². The minimum absolute atomic E-state index is 0.107. The molecule has 0 aromatic carbocycles. The van der Waals surface area contributed by atoms with E-state index in [-0.39, 0.29) is 25.7 Å². The summed E-state index contributed by atoms with van der Waals surface area (Å²) in [7, 11) is -9.93. The van der Waals surface area contributed by atoms with Gasteiger partial charge in [-0.3, -0.25) is 37.3 Å². The van der Waals surface area contributed by atoms with Gasteiger partial charge in [-0.2, -0.15) is 0 Å². The van der Waals surface area contributed by atoms with Gasteiger partial charge in [0.2, 0.25) is 0 Å². The summed E-state index contributed by atoms with van der Waals surface area (Å²) in [5.41, 5.74) is 0. The number of phosphoric acid groups is 2. The number of carbonyl (C=O) groups is 4. The van der Waals surface area contributed by atoms with Crippen LogP contribution in [-0.2, 0) is 65.4 Å². The first kappa shape index (κ1) is 105. The van der Waals surface area contributed by atoms with Crippen molar-refractivity contribution in [2.24, 2.45) is 17.8 Å². The van der Waals surface area contributed by atoms with E-state index in [1.165, 1.54) is 276 Å². The Labute approximate surface area is 658 Å². The molecule has 19 heteroatoms. The highest BCUT2D eigenvalue weighted by atomic mass is 31.2. The van der Waals surface area contributed by atoms with E-state index in [9.17, 15) is 43.2 Å². The molecule has 0 aliphatic heterocycles. The van der Waals surface area contributed by atoms with Crippen LogP contribution < -0.4 is 0 Å². The number of rotatable bonds is 86. The fourth-order valence-corrected chi connectivity index (χ4v) is 15.2. The molecular weight excluding hydrogens is 1390 g/mol. The highest BCUT2D eigenvalue weighted by Gasteiger charge is 2.31. The number of aliphatic hydroxyl groups excluding tert-OH is 1. The average molecular weight is 1560 g/mol. The molecule has 0 amide bonds. The highest BCUT2D eigenvalue weighted by molar-refractivity contribution is 7.47. The van der Waals surface area contributed by atoms with Gasteiger partial charge in [0.15, 0.2) is 12.2 Å². The molecular formula is C88H172O17P2. The molecule has 0 bridgehead atoms. The Morgan fingerprint density at radius 3 is 0.710 bits per heavy atom. The molecule has 0 spiro atoms. The summed E-state index contributed by atoms with van der Waals surface area (Å²) in [6.07, 6.45) is 69.3. The molecule has 0 radical (unpaired) electrons. The normalized spacial score (nSPS) is 14.3. The lowest BCUT2D eigenvalue weighted by Crippen LogP contribution is -2.30. The first-order valence-electron chi connectivity index (χ1n) is 45.4. The summed E-state index contributed by atoms with van der Waals surface area (Å²) in [5, 5.41) is 10.7. The Balaban J connectivity index is 5.25. The summed E-state index contributed by atoms with van der Waals surface area (Å²) in [4.78, 5) is 73.3. The van der Waals surface area contributed by atoms with E-state index < -0.39 is 97.5 Å². The molecule has 0 saturated heterocycles. The third kappa shape index (κ3) is 79.1. The van der Waals surface area contributed by atoms with Gasteiger partial charge >= 0.3 is 39.5 Å². The van der Waals surface area contributed by atoms with Crippen LogP contribution in [0.4, 0.5) is 0 Å². The zero-order valence-corrected chi connectivity index (χ0v) is 72.4. The van der Waals surface area contributed by atoms with E-state index in [1.54, 1.807) is 0 Å². The maximum Gasteiger partial charge on any atom is 0.472 e. The Morgan fingerprint density at radius 2 is 0.477 bits per heavy atom. The van der Waals surface area contributed by atoms with Crippen molar-refractivity contribution in [2.45, 2.75) is 484 Å². The van der Waals surface area contributed by atoms with E-state index in [1.807, 2.05) is 0 Å². The molecule has 17 nitrogen and oxygen atoms in total. The molecule has 3 N–H and O–H groups in total. The molecule has 0 aromatic heterocycles. The van der Waals surface area contributed by atoms with Crippen LogP contribution in [0.3, 0.4) is 0 Å². The lowest BCUT2D eigenvalue weighted by Gasteiger charge is -2.21. The summed E-state index contributed by atoms with van der Waals surface area (Å²) in [6.45, 7) is 12.1. The number of carbonyl (C=O) groups excluding carboxylic acids is 4. The lowest BCUT2D eigenvalue weighted by atomic mass is 9.99. The summed E-state index contributed by atoms with van der Waals surface area (Å²) in [5.74, 6) is 0.323. The van der Waals surface area contributed by atoms with Gasteiger partial charge in [-0.1, -0.05) is 414 Å². The second kappa shape index (κ2) is 78.0. The van der Waals surface area contributed by atoms with Crippen LogP contribution in [0, 0.1) is 17.8 Å². The van der Waals surface area contributed by atoms with Crippen LogP contribution in [0.25, 0.3) is 0 Å². The quantitative estimate of drug-likeness (QED) is 0.0222. The zero-order chi connectivity index (χ0) is 78.6. The van der Waals surface area contributed by atoms with Crippen LogP contribution in [0.1, 0.15) is 466 Å². The van der Waals surface area contributed by atoms with Crippen LogP contribution in [-0.4, -0.2) is 96.7 Å². The number of hydrogen-bond donors (Lipinski definition) is 3. The number of unbranched alkanes of at least 4 members (excludes halogenated alkanes) is 52. The molecule has 0 saturated carbocycles. The van der Waals surface area contributed by atoms with Crippen molar-refractivity contribution in [3.8, 4) is 0 Å². The topological polar surface area (TPSA) is 237 Å². The molecule has 107 heavy (non-hydrogen) atoms. The number of ether oxygens (including phenoxy) is 4. The number of phosphoric ester groups is 2. The van der Waals surface area contributed by atoms with Crippen LogP contribution in [0.2, 0.25) is 0 Å². The first-order chi connectivity index (χ1) is 51.8. The van der Waals surface area contributed by atoms with Gasteiger partial charge in [0, 0.05) is 25.7 Å². The van der Waals surface area contributed by atoms with Crippen molar-refractivity contribution in [3.63, 3.8) is 0 Å². The Bertz CT molecular complexity index is 2060. The van der Waals surface area contributed by atoms with E-state index in [2.05, 4.69) is 48.5 Å². The summed E-state index contributed by atoms with van der Waals surface area (Å²) in [6, 6.07) is 0. The van der Waals surface area contributed by atoms with Crippen molar-refractivity contribution in [1.82, 2.24) is 0 Å². The van der Waals surface area contributed by atoms with Crippen molar-refractivity contribution in [1.29, 1.82) is 0 Å². The van der Waals surface area contributed by atoms with Crippen molar-refractivity contribution >= 4 is 39.5 Å². The van der Waals surface area contributed by atoms with Crippen molar-refractivity contribution in [3.05, 3.63) is 0 Å². The van der Waals surface area contributed by atoms with Gasteiger partial charge in [0.05, 0.1) is 26.4 Å². The van der Waals surface area contributed by atoms with Crippen molar-refractivity contribution in [2.75, 3.05) is 39.6 Å². The summed E-state index contributed by atoms with van der Waals surface area (Å²) >= 11 is 0. The molecule has 0 aliphatic rings. The van der Waals surface area contributed by atoms with Gasteiger partial charge in [0.25, 0.3) is 0 Å². The van der Waals surface area contributed by atoms with E-state index in [0.29, 0.717) is 25.7 Å². The Morgan fingerprint density at radius 1 is 0.271 bits per heavy atom. The molecule has 0 rings (SSSR count). The zero-order valence-electron chi connectivity index (χ0n) is 70.6. The molecule has 7 atom stereocenters. The van der Waals surface area contributed by atoms with Gasteiger partial charge in [-0.05, 0) is 43.4 Å². The van der Waals surface area contributed by atoms with Crippen LogP contribution in [0.15, 0.2) is 0 Å². The minimum atomic E-state index is -4.97. The first-order valence-corrected chi connectivity index (χ1v) is 48.4. The smallest absolute Gasteiger partial charge is 0.462 e. The van der Waals surface area contributed by atoms with E-state index in [0.717, 1.165) is 108 Å². The third-order valence-electron chi connectivity index (χ3n) is 21.4. The second-order valence-electron chi connectivity index (χ2n) is 32.6. The van der Waals surface area contributed by atoms with Gasteiger partial charge in [-0.25, -0.2) is 9.13 Å². The van der Waals surface area contributed by atoms with Gasteiger partial charge < -0.3 is 33.8 Å².